The Bertz CT molecular complexity index is 1960. The van der Waals surface area contributed by atoms with Gasteiger partial charge in [-0.2, -0.15) is 0 Å². The maximum Gasteiger partial charge on any atom is 0.364 e. The molecular weight excluding hydrogens is 1190 g/mol. The molecule has 0 aliphatic carbocycles. The van der Waals surface area contributed by atoms with Gasteiger partial charge in [-0.25, -0.2) is 4.79 Å². The summed E-state index contributed by atoms with van der Waals surface area (Å²) in [5, 5.41) is 136. The molecule has 14 N–H and O–H groups in total. The summed E-state index contributed by atoms with van der Waals surface area (Å²) in [6.45, 7) is 2.11. The molecule has 2 amide bonds. The molecule has 92 heavy (non-hydrogen) atoms. The normalized spacial score (nSPS) is 28.3. The van der Waals surface area contributed by atoms with Crippen molar-refractivity contribution >= 4 is 17.8 Å². The largest absolute Gasteiger partial charge is 0.477 e. The van der Waals surface area contributed by atoms with Crippen molar-refractivity contribution < 1.29 is 104 Å². The Labute approximate surface area is 549 Å². The van der Waals surface area contributed by atoms with Gasteiger partial charge in [0.15, 0.2) is 12.6 Å². The van der Waals surface area contributed by atoms with E-state index in [-0.39, 0.29) is 12.3 Å². The monoisotopic (exact) mass is 1320 g/mol. The highest BCUT2D eigenvalue weighted by Crippen LogP contribution is 2.39. The molecule has 23 heteroatoms. The number of hydrogen-bond acceptors (Lipinski definition) is 20. The van der Waals surface area contributed by atoms with E-state index in [0.29, 0.717) is 12.8 Å². The predicted molar refractivity (Wildman–Crippen MR) is 348 cm³/mol. The van der Waals surface area contributed by atoms with Gasteiger partial charge in [0.2, 0.25) is 11.8 Å². The molecule has 23 nitrogen and oxygen atoms in total. The fourth-order valence-electron chi connectivity index (χ4n) is 12.4. The number of carboxylic acids is 1. The number of aliphatic hydroxyl groups excluding tert-OH is 11. The zero-order chi connectivity index (χ0) is 67.5. The average molecular weight is 1320 g/mol. The van der Waals surface area contributed by atoms with Crippen LogP contribution < -0.4 is 10.6 Å². The summed E-state index contributed by atoms with van der Waals surface area (Å²) < 4.78 is 34.7. The first-order valence-electron chi connectivity index (χ1n) is 35.7. The van der Waals surface area contributed by atoms with Gasteiger partial charge in [-0.3, -0.25) is 9.59 Å². The molecule has 0 bridgehead atoms. The Balaban J connectivity index is 1.50. The van der Waals surface area contributed by atoms with Crippen LogP contribution in [0.1, 0.15) is 258 Å². The van der Waals surface area contributed by atoms with Crippen LogP contribution in [-0.2, 0) is 42.8 Å². The number of nitrogens with one attached hydrogen (secondary N) is 2. The second kappa shape index (κ2) is 49.7. The standard InChI is InChI=1S/C69H126N2O21/c1-4-6-8-10-12-14-16-17-18-19-20-21-22-23-24-25-26-27-28-29-30-31-32-33-35-37-39-41-43-56(79)71-50(51(76)42-40-38-36-34-15-13-11-9-7-5-2)48-87-66-61(83)60(82)63(55(47-74)89-66)90-67-62(84)65(59(81)54(46-73)88-67)92-69(68(85)86)44-52(77)57(70-49(3)75)64(91-69)58(80)53(78)45-72/h23-24,40,42,50-55,57-67,72-74,76-78,80-84H,4-22,25-39,41,43-48H2,1-3H3,(H,70,75)(H,71,79)(H,85,86)/b24-23-,42-40+. The van der Waals surface area contributed by atoms with Crippen LogP contribution in [0.4, 0.5) is 0 Å². The first-order chi connectivity index (χ1) is 44.4. The molecule has 3 aliphatic rings. The lowest BCUT2D eigenvalue weighted by Crippen LogP contribution is -2.70. The van der Waals surface area contributed by atoms with E-state index in [1.54, 1.807) is 6.08 Å². The molecule has 3 saturated heterocycles. The Morgan fingerprint density at radius 1 is 0.565 bits per heavy atom. The van der Waals surface area contributed by atoms with Crippen molar-refractivity contribution in [3.63, 3.8) is 0 Å². The third-order valence-electron chi connectivity index (χ3n) is 18.1. The van der Waals surface area contributed by atoms with E-state index < -0.39 is 155 Å². The molecule has 0 aromatic rings. The van der Waals surface area contributed by atoms with Gasteiger partial charge in [-0.15, -0.1) is 0 Å². The molecule has 18 atom stereocenters. The van der Waals surface area contributed by atoms with Crippen molar-refractivity contribution in [3.8, 4) is 0 Å². The van der Waals surface area contributed by atoms with Crippen LogP contribution in [0.15, 0.2) is 24.3 Å². The summed E-state index contributed by atoms with van der Waals surface area (Å²) in [6, 6.07) is -2.62. The molecule has 0 aromatic heterocycles. The van der Waals surface area contributed by atoms with E-state index >= 15 is 0 Å². The second-order valence-electron chi connectivity index (χ2n) is 26.1. The van der Waals surface area contributed by atoms with Gasteiger partial charge in [0.05, 0.1) is 50.7 Å². The van der Waals surface area contributed by atoms with Crippen LogP contribution in [0.25, 0.3) is 0 Å². The highest BCUT2D eigenvalue weighted by molar-refractivity contribution is 5.77. The molecule has 0 radical (unpaired) electrons. The SMILES string of the molecule is CCCCCCCCCC/C=C/C(O)C(COC1OC(CO)C(OC2OC(CO)C(O)C(OC3(C(=O)O)CC(O)C(NC(C)=O)C(C(O)C(O)CO)O3)C2O)C(O)C1O)NC(=O)CCCCCCCCCCCCCC/C=C\CCCCCCCCCCCCCC. The van der Waals surface area contributed by atoms with Crippen molar-refractivity contribution in [1.82, 2.24) is 10.6 Å². The van der Waals surface area contributed by atoms with Gasteiger partial charge in [-0.1, -0.05) is 218 Å². The number of unbranched alkanes of at least 4 members (excludes halogenated alkanes) is 32. The quantitative estimate of drug-likeness (QED) is 0.0219. The topological polar surface area (TPSA) is 373 Å². The molecule has 0 aromatic carbocycles. The van der Waals surface area contributed by atoms with Crippen molar-refractivity contribution in [2.45, 2.75) is 368 Å². The maximum absolute atomic E-state index is 13.4. The highest BCUT2D eigenvalue weighted by Gasteiger charge is 2.60. The molecule has 3 fully saturated rings. The number of amides is 2. The van der Waals surface area contributed by atoms with Crippen LogP contribution >= 0.6 is 0 Å². The van der Waals surface area contributed by atoms with Gasteiger partial charge in [-0.05, 0) is 44.9 Å². The van der Waals surface area contributed by atoms with Gasteiger partial charge in [0.1, 0.15) is 67.1 Å². The molecule has 538 valence electrons. The van der Waals surface area contributed by atoms with Crippen LogP contribution in [-0.4, -0.2) is 215 Å². The van der Waals surface area contributed by atoms with E-state index in [4.69, 9.17) is 28.4 Å². The number of allylic oxidation sites excluding steroid dienone is 3. The molecule has 0 spiro atoms. The van der Waals surface area contributed by atoms with E-state index in [1.165, 1.54) is 167 Å². The van der Waals surface area contributed by atoms with Crippen LogP contribution in [0.2, 0.25) is 0 Å². The number of carbonyl (C=O) groups is 3. The predicted octanol–water partition coefficient (Wildman–Crippen LogP) is 6.84. The minimum Gasteiger partial charge on any atom is -0.477 e. The number of hydrogen-bond donors (Lipinski definition) is 14. The average Bonchev–Trinajstić information content (AvgIpc) is 0.785. The molecule has 3 aliphatic heterocycles. The number of carbonyl (C=O) groups excluding carboxylic acids is 2. The first-order valence-corrected chi connectivity index (χ1v) is 35.7. The van der Waals surface area contributed by atoms with E-state index in [9.17, 15) is 75.7 Å². The number of ether oxygens (including phenoxy) is 6. The fourth-order valence-corrected chi connectivity index (χ4v) is 12.4. The van der Waals surface area contributed by atoms with Crippen molar-refractivity contribution in [2.24, 2.45) is 0 Å². The molecule has 0 saturated carbocycles. The summed E-state index contributed by atoms with van der Waals surface area (Å²) >= 11 is 0. The molecular formula is C69H126N2O21. The summed E-state index contributed by atoms with van der Waals surface area (Å²) in [6.07, 6.45) is 21.2. The van der Waals surface area contributed by atoms with Crippen LogP contribution in [0.5, 0.6) is 0 Å². The third kappa shape index (κ3) is 31.6. The lowest BCUT2D eigenvalue weighted by atomic mass is 9.88. The number of carboxylic acid groups (broad SMARTS) is 1. The van der Waals surface area contributed by atoms with Crippen LogP contribution in [0, 0.1) is 0 Å². The van der Waals surface area contributed by atoms with Crippen LogP contribution in [0.3, 0.4) is 0 Å². The zero-order valence-electron chi connectivity index (χ0n) is 56.2. The van der Waals surface area contributed by atoms with E-state index in [0.717, 1.165) is 51.9 Å². The van der Waals surface area contributed by atoms with Crippen molar-refractivity contribution in [2.75, 3.05) is 26.4 Å². The van der Waals surface area contributed by atoms with E-state index in [2.05, 4.69) is 36.6 Å². The maximum atomic E-state index is 13.4. The van der Waals surface area contributed by atoms with Gasteiger partial charge in [0.25, 0.3) is 5.79 Å². The summed E-state index contributed by atoms with van der Waals surface area (Å²) in [4.78, 5) is 38.5. The summed E-state index contributed by atoms with van der Waals surface area (Å²) in [5.41, 5.74) is 0. The Morgan fingerprint density at radius 2 is 1.02 bits per heavy atom. The zero-order valence-corrected chi connectivity index (χ0v) is 56.2. The molecule has 18 unspecified atom stereocenters. The molecule has 3 heterocycles. The van der Waals surface area contributed by atoms with Crippen molar-refractivity contribution in [1.29, 1.82) is 0 Å². The number of aliphatic carboxylic acids is 1. The highest BCUT2D eigenvalue weighted by atomic mass is 16.8. The lowest BCUT2D eigenvalue weighted by Gasteiger charge is -2.50. The first kappa shape index (κ1) is 83.4. The number of aliphatic hydroxyl groups is 11. The van der Waals surface area contributed by atoms with Gasteiger partial charge < -0.3 is 100 Å². The van der Waals surface area contributed by atoms with Gasteiger partial charge >= 0.3 is 5.97 Å². The Hall–Kier alpha value is -2.79. The summed E-state index contributed by atoms with van der Waals surface area (Å²) in [7, 11) is 0. The fraction of sp³-hybridized carbons (Fsp3) is 0.899. The summed E-state index contributed by atoms with van der Waals surface area (Å²) in [5.74, 6) is -6.14. The third-order valence-corrected chi connectivity index (χ3v) is 18.1. The Kier molecular flexibility index (Phi) is 45.1. The smallest absolute Gasteiger partial charge is 0.364 e. The van der Waals surface area contributed by atoms with Crippen molar-refractivity contribution in [3.05, 3.63) is 24.3 Å². The number of rotatable bonds is 54. The lowest BCUT2D eigenvalue weighted by molar-refractivity contribution is -0.386. The molecule has 3 rings (SSSR count). The second-order valence-corrected chi connectivity index (χ2v) is 26.1. The minimum absolute atomic E-state index is 0.201. The van der Waals surface area contributed by atoms with E-state index in [1.807, 2.05) is 6.08 Å². The minimum atomic E-state index is -3.08. The Morgan fingerprint density at radius 3 is 1.48 bits per heavy atom. The van der Waals surface area contributed by atoms with Gasteiger partial charge in [0, 0.05) is 19.8 Å².